The number of amides is 1. The van der Waals surface area contributed by atoms with Crippen LogP contribution in [0.4, 0.5) is 15.8 Å². The van der Waals surface area contributed by atoms with E-state index in [2.05, 4.69) is 5.32 Å². The van der Waals surface area contributed by atoms with Crippen LogP contribution in [0.5, 0.6) is 0 Å². The molecule has 0 atom stereocenters. The molecule has 0 aliphatic heterocycles. The number of nitrogen functional groups attached to an aromatic ring is 1. The first-order valence-corrected chi connectivity index (χ1v) is 7.14. The van der Waals surface area contributed by atoms with Crippen molar-refractivity contribution in [2.45, 2.75) is 4.90 Å². The van der Waals surface area contributed by atoms with Crippen LogP contribution < -0.4 is 11.1 Å². The molecule has 2 aromatic carbocycles. The second-order valence-corrected chi connectivity index (χ2v) is 5.49. The number of anilines is 2. The number of thioether (sulfide) groups is 1. The maximum absolute atomic E-state index is 12.7. The van der Waals surface area contributed by atoms with Crippen molar-refractivity contribution in [3.05, 3.63) is 53.3 Å². The van der Waals surface area contributed by atoms with Crippen molar-refractivity contribution in [2.75, 3.05) is 16.8 Å². The van der Waals surface area contributed by atoms with Crippen molar-refractivity contribution in [1.82, 2.24) is 0 Å². The summed E-state index contributed by atoms with van der Waals surface area (Å²) >= 11 is 7.28. The molecule has 3 N–H and O–H groups in total. The molecule has 2 aromatic rings. The molecular weight excluding hydrogens is 299 g/mol. The third-order valence-electron chi connectivity index (χ3n) is 2.45. The van der Waals surface area contributed by atoms with Crippen molar-refractivity contribution in [2.24, 2.45) is 0 Å². The van der Waals surface area contributed by atoms with E-state index in [1.807, 2.05) is 0 Å². The molecule has 0 radical (unpaired) electrons. The number of halogens is 2. The lowest BCUT2D eigenvalue weighted by Gasteiger charge is -2.07. The molecule has 0 bridgehead atoms. The topological polar surface area (TPSA) is 55.1 Å². The predicted octanol–water partition coefficient (Wildman–Crippen LogP) is 3.79. The lowest BCUT2D eigenvalue weighted by molar-refractivity contribution is -0.113. The molecule has 0 fully saturated rings. The second kappa shape index (κ2) is 6.63. The second-order valence-electron chi connectivity index (χ2n) is 4.03. The van der Waals surface area contributed by atoms with Crippen LogP contribution in [0.15, 0.2) is 47.4 Å². The minimum Gasteiger partial charge on any atom is -0.399 e. The van der Waals surface area contributed by atoms with Gasteiger partial charge in [-0.05, 0) is 42.5 Å². The fourth-order valence-corrected chi connectivity index (χ4v) is 2.43. The van der Waals surface area contributed by atoms with Gasteiger partial charge < -0.3 is 11.1 Å². The Morgan fingerprint density at radius 3 is 2.60 bits per heavy atom. The Hall–Kier alpha value is -1.72. The number of benzene rings is 2. The molecule has 0 aliphatic rings. The summed E-state index contributed by atoms with van der Waals surface area (Å²) in [5.41, 5.74) is 6.63. The first kappa shape index (κ1) is 14.7. The van der Waals surface area contributed by atoms with E-state index in [-0.39, 0.29) is 17.5 Å². The Kier molecular flexibility index (Phi) is 4.87. The Bertz CT molecular complexity index is 619. The van der Waals surface area contributed by atoms with Gasteiger partial charge in [-0.1, -0.05) is 11.6 Å². The Morgan fingerprint density at radius 2 is 1.95 bits per heavy atom. The van der Waals surface area contributed by atoms with Crippen LogP contribution in [0.1, 0.15) is 0 Å². The van der Waals surface area contributed by atoms with Gasteiger partial charge in [-0.3, -0.25) is 4.79 Å². The zero-order chi connectivity index (χ0) is 14.5. The maximum atomic E-state index is 12.7. The van der Waals surface area contributed by atoms with Crippen LogP contribution in [0.25, 0.3) is 0 Å². The average molecular weight is 311 g/mol. The normalized spacial score (nSPS) is 10.3. The monoisotopic (exact) mass is 310 g/mol. The molecular formula is C14H12ClFN2OS. The van der Waals surface area contributed by atoms with Gasteiger partial charge in [0.25, 0.3) is 0 Å². The van der Waals surface area contributed by atoms with Gasteiger partial charge in [0.1, 0.15) is 5.82 Å². The first-order valence-electron chi connectivity index (χ1n) is 5.78. The van der Waals surface area contributed by atoms with Crippen LogP contribution in [-0.4, -0.2) is 11.7 Å². The van der Waals surface area contributed by atoms with Crippen LogP contribution >= 0.6 is 23.4 Å². The maximum Gasteiger partial charge on any atom is 0.234 e. The number of carbonyl (C=O) groups is 1. The summed E-state index contributed by atoms with van der Waals surface area (Å²) in [6, 6.07) is 10.9. The van der Waals surface area contributed by atoms with Gasteiger partial charge in [0.2, 0.25) is 5.91 Å². The molecule has 0 saturated heterocycles. The van der Waals surface area contributed by atoms with E-state index in [9.17, 15) is 9.18 Å². The van der Waals surface area contributed by atoms with E-state index in [4.69, 9.17) is 17.3 Å². The Labute approximate surface area is 125 Å². The van der Waals surface area contributed by atoms with E-state index in [0.717, 1.165) is 4.90 Å². The van der Waals surface area contributed by atoms with Crippen LogP contribution in [0.3, 0.4) is 0 Å². The third kappa shape index (κ3) is 4.15. The average Bonchev–Trinajstić information content (AvgIpc) is 2.41. The first-order chi connectivity index (χ1) is 9.54. The molecule has 20 heavy (non-hydrogen) atoms. The molecule has 0 heterocycles. The lowest BCUT2D eigenvalue weighted by Crippen LogP contribution is -2.14. The molecule has 3 nitrogen and oxygen atoms in total. The van der Waals surface area contributed by atoms with Crippen molar-refractivity contribution in [1.29, 1.82) is 0 Å². The van der Waals surface area contributed by atoms with Crippen molar-refractivity contribution < 1.29 is 9.18 Å². The van der Waals surface area contributed by atoms with Gasteiger partial charge in [0.05, 0.1) is 16.5 Å². The smallest absolute Gasteiger partial charge is 0.234 e. The van der Waals surface area contributed by atoms with Gasteiger partial charge in [0.15, 0.2) is 0 Å². The molecule has 0 spiro atoms. The van der Waals surface area contributed by atoms with E-state index in [1.165, 1.54) is 23.9 Å². The van der Waals surface area contributed by atoms with Crippen LogP contribution in [0.2, 0.25) is 5.02 Å². The van der Waals surface area contributed by atoms with Crippen LogP contribution in [-0.2, 0) is 4.79 Å². The molecule has 2 rings (SSSR count). The summed E-state index contributed by atoms with van der Waals surface area (Å²) in [6.45, 7) is 0. The number of carbonyl (C=O) groups excluding carboxylic acids is 1. The minimum atomic E-state index is -0.299. The van der Waals surface area contributed by atoms with E-state index >= 15 is 0 Å². The summed E-state index contributed by atoms with van der Waals surface area (Å²) in [5.74, 6) is -0.273. The molecule has 0 unspecified atom stereocenters. The summed E-state index contributed by atoms with van der Waals surface area (Å²) in [4.78, 5) is 12.6. The number of hydrogen-bond donors (Lipinski definition) is 2. The van der Waals surface area contributed by atoms with Gasteiger partial charge in [-0.2, -0.15) is 0 Å². The van der Waals surface area contributed by atoms with E-state index in [0.29, 0.717) is 16.4 Å². The largest absolute Gasteiger partial charge is 0.399 e. The highest BCUT2D eigenvalue weighted by molar-refractivity contribution is 8.00. The number of nitrogens with one attached hydrogen (secondary N) is 1. The van der Waals surface area contributed by atoms with E-state index in [1.54, 1.807) is 30.3 Å². The minimum absolute atomic E-state index is 0.189. The predicted molar refractivity (Wildman–Crippen MR) is 81.6 cm³/mol. The quantitative estimate of drug-likeness (QED) is 0.667. The number of hydrogen-bond acceptors (Lipinski definition) is 3. The molecule has 0 aromatic heterocycles. The standard InChI is InChI=1S/C14H12ClFN2OS/c15-12-7-10(17)3-6-13(12)18-14(19)8-20-11-4-1-9(16)2-5-11/h1-7H,8,17H2,(H,18,19). The van der Waals surface area contributed by atoms with Gasteiger partial charge >= 0.3 is 0 Å². The third-order valence-corrected chi connectivity index (χ3v) is 3.78. The van der Waals surface area contributed by atoms with E-state index < -0.39 is 0 Å². The highest BCUT2D eigenvalue weighted by Crippen LogP contribution is 2.25. The van der Waals surface area contributed by atoms with Gasteiger partial charge in [0, 0.05) is 10.6 Å². The van der Waals surface area contributed by atoms with Crippen molar-refractivity contribution >= 4 is 40.6 Å². The molecule has 104 valence electrons. The summed E-state index contributed by atoms with van der Waals surface area (Å²) in [6.07, 6.45) is 0. The van der Waals surface area contributed by atoms with Crippen molar-refractivity contribution in [3.63, 3.8) is 0 Å². The number of rotatable bonds is 4. The van der Waals surface area contributed by atoms with Gasteiger partial charge in [-0.25, -0.2) is 4.39 Å². The Balaban J connectivity index is 1.90. The summed E-state index contributed by atoms with van der Waals surface area (Å²) in [5, 5.41) is 3.09. The van der Waals surface area contributed by atoms with Crippen molar-refractivity contribution in [3.8, 4) is 0 Å². The lowest BCUT2D eigenvalue weighted by atomic mass is 10.3. The van der Waals surface area contributed by atoms with Gasteiger partial charge in [-0.15, -0.1) is 11.8 Å². The fraction of sp³-hybridized carbons (Fsp3) is 0.0714. The molecule has 0 aliphatic carbocycles. The fourth-order valence-electron chi connectivity index (χ4n) is 1.50. The summed E-state index contributed by atoms with van der Waals surface area (Å²) in [7, 11) is 0. The molecule has 6 heteroatoms. The SMILES string of the molecule is Nc1ccc(NC(=O)CSc2ccc(F)cc2)c(Cl)c1. The molecule has 0 saturated carbocycles. The molecule has 1 amide bonds. The highest BCUT2D eigenvalue weighted by atomic mass is 35.5. The summed E-state index contributed by atoms with van der Waals surface area (Å²) < 4.78 is 12.7. The number of nitrogens with two attached hydrogens (primary N) is 1. The highest BCUT2D eigenvalue weighted by Gasteiger charge is 2.07. The van der Waals surface area contributed by atoms with Crippen LogP contribution in [0, 0.1) is 5.82 Å². The Morgan fingerprint density at radius 1 is 1.25 bits per heavy atom. The zero-order valence-electron chi connectivity index (χ0n) is 10.4. The zero-order valence-corrected chi connectivity index (χ0v) is 12.0.